The zero-order chi connectivity index (χ0) is 13.9. The van der Waals surface area contributed by atoms with Gasteiger partial charge in [-0.2, -0.15) is 0 Å². The molecule has 1 amide bonds. The monoisotopic (exact) mass is 286 g/mol. The molecule has 0 unspecified atom stereocenters. The quantitative estimate of drug-likeness (QED) is 0.800. The Bertz CT molecular complexity index is 719. The van der Waals surface area contributed by atoms with E-state index in [0.717, 1.165) is 5.56 Å². The molecule has 0 aliphatic carbocycles. The SMILES string of the molecule is Cc1nnc(-c2ccc(NC(=O)c3cscn3)cc2)o1. The first-order chi connectivity index (χ1) is 9.72. The number of nitrogens with zero attached hydrogens (tertiary/aromatic N) is 3. The topological polar surface area (TPSA) is 80.9 Å². The van der Waals surface area contributed by atoms with E-state index >= 15 is 0 Å². The molecule has 7 heteroatoms. The Labute approximate surface area is 118 Å². The van der Waals surface area contributed by atoms with Gasteiger partial charge in [-0.25, -0.2) is 4.98 Å². The molecule has 0 aliphatic heterocycles. The first-order valence-electron chi connectivity index (χ1n) is 5.82. The van der Waals surface area contributed by atoms with E-state index in [1.165, 1.54) is 11.3 Å². The van der Waals surface area contributed by atoms with Gasteiger partial charge in [0.2, 0.25) is 11.8 Å². The summed E-state index contributed by atoms with van der Waals surface area (Å²) in [5.41, 5.74) is 3.52. The lowest BCUT2D eigenvalue weighted by molar-refractivity contribution is 0.102. The van der Waals surface area contributed by atoms with Gasteiger partial charge in [-0.1, -0.05) is 0 Å². The van der Waals surface area contributed by atoms with Crippen LogP contribution in [0.2, 0.25) is 0 Å². The molecule has 0 radical (unpaired) electrons. The van der Waals surface area contributed by atoms with Crippen LogP contribution < -0.4 is 5.32 Å². The van der Waals surface area contributed by atoms with Crippen molar-refractivity contribution in [3.05, 3.63) is 46.7 Å². The average Bonchev–Trinajstić information content (AvgIpc) is 3.10. The van der Waals surface area contributed by atoms with Crippen LogP contribution in [0.5, 0.6) is 0 Å². The van der Waals surface area contributed by atoms with Crippen molar-refractivity contribution in [2.24, 2.45) is 0 Å². The van der Waals surface area contributed by atoms with Gasteiger partial charge in [-0.3, -0.25) is 4.79 Å². The van der Waals surface area contributed by atoms with Gasteiger partial charge in [0.1, 0.15) is 5.69 Å². The van der Waals surface area contributed by atoms with Crippen LogP contribution in [0.4, 0.5) is 5.69 Å². The predicted molar refractivity (Wildman–Crippen MR) is 74.5 cm³/mol. The third-order valence-electron chi connectivity index (χ3n) is 2.58. The lowest BCUT2D eigenvalue weighted by atomic mass is 10.2. The zero-order valence-corrected chi connectivity index (χ0v) is 11.3. The fourth-order valence-electron chi connectivity index (χ4n) is 1.63. The summed E-state index contributed by atoms with van der Waals surface area (Å²) in [7, 11) is 0. The first-order valence-corrected chi connectivity index (χ1v) is 6.77. The van der Waals surface area contributed by atoms with E-state index in [2.05, 4.69) is 20.5 Å². The van der Waals surface area contributed by atoms with E-state index in [-0.39, 0.29) is 5.91 Å². The summed E-state index contributed by atoms with van der Waals surface area (Å²) >= 11 is 1.38. The number of nitrogens with one attached hydrogen (secondary N) is 1. The van der Waals surface area contributed by atoms with Crippen molar-refractivity contribution in [3.63, 3.8) is 0 Å². The van der Waals surface area contributed by atoms with Crippen LogP contribution in [-0.4, -0.2) is 21.1 Å². The van der Waals surface area contributed by atoms with Gasteiger partial charge in [0.25, 0.3) is 5.91 Å². The van der Waals surface area contributed by atoms with Crippen LogP contribution in [0, 0.1) is 6.92 Å². The molecule has 20 heavy (non-hydrogen) atoms. The summed E-state index contributed by atoms with van der Waals surface area (Å²) in [5.74, 6) is 0.744. The second-order valence-corrected chi connectivity index (χ2v) is 4.75. The summed E-state index contributed by atoms with van der Waals surface area (Å²) in [6, 6.07) is 7.17. The highest BCUT2D eigenvalue weighted by Gasteiger charge is 2.09. The van der Waals surface area contributed by atoms with Crippen molar-refractivity contribution in [2.75, 3.05) is 5.32 Å². The van der Waals surface area contributed by atoms with E-state index in [0.29, 0.717) is 23.2 Å². The third-order valence-corrected chi connectivity index (χ3v) is 3.17. The van der Waals surface area contributed by atoms with Gasteiger partial charge in [-0.15, -0.1) is 21.5 Å². The van der Waals surface area contributed by atoms with Gasteiger partial charge >= 0.3 is 0 Å². The fraction of sp³-hybridized carbons (Fsp3) is 0.0769. The van der Waals surface area contributed by atoms with Crippen LogP contribution in [0.1, 0.15) is 16.4 Å². The second-order valence-electron chi connectivity index (χ2n) is 4.03. The highest BCUT2D eigenvalue weighted by atomic mass is 32.1. The maximum atomic E-state index is 11.8. The highest BCUT2D eigenvalue weighted by molar-refractivity contribution is 7.07. The molecule has 100 valence electrons. The van der Waals surface area contributed by atoms with Crippen LogP contribution in [0.15, 0.2) is 39.6 Å². The van der Waals surface area contributed by atoms with Crippen molar-refractivity contribution in [1.82, 2.24) is 15.2 Å². The molecular weight excluding hydrogens is 276 g/mol. The lowest BCUT2D eigenvalue weighted by Crippen LogP contribution is -2.11. The molecule has 3 aromatic rings. The summed E-state index contributed by atoms with van der Waals surface area (Å²) < 4.78 is 5.33. The maximum Gasteiger partial charge on any atom is 0.275 e. The van der Waals surface area contributed by atoms with E-state index < -0.39 is 0 Å². The number of carbonyl (C=O) groups is 1. The second kappa shape index (κ2) is 5.22. The summed E-state index contributed by atoms with van der Waals surface area (Å²) in [5, 5.41) is 12.2. The number of thiazole rings is 1. The van der Waals surface area contributed by atoms with E-state index in [4.69, 9.17) is 4.42 Å². The average molecular weight is 286 g/mol. The molecule has 0 saturated heterocycles. The van der Waals surface area contributed by atoms with E-state index in [1.807, 2.05) is 12.1 Å². The normalized spacial score (nSPS) is 10.4. The summed E-state index contributed by atoms with van der Waals surface area (Å²) in [4.78, 5) is 15.8. The molecule has 3 rings (SSSR count). The maximum absolute atomic E-state index is 11.8. The number of anilines is 1. The number of amides is 1. The number of rotatable bonds is 3. The predicted octanol–water partition coefficient (Wildman–Crippen LogP) is 2.75. The largest absolute Gasteiger partial charge is 0.421 e. The van der Waals surface area contributed by atoms with Crippen LogP contribution in [-0.2, 0) is 0 Å². The Balaban J connectivity index is 1.75. The molecule has 0 aliphatic rings. The van der Waals surface area contributed by atoms with Gasteiger partial charge < -0.3 is 9.73 Å². The molecule has 0 bridgehead atoms. The molecule has 0 saturated carbocycles. The number of hydrogen-bond donors (Lipinski definition) is 1. The molecule has 0 atom stereocenters. The van der Waals surface area contributed by atoms with Crippen LogP contribution in [0.3, 0.4) is 0 Å². The van der Waals surface area contributed by atoms with Gasteiger partial charge in [-0.05, 0) is 24.3 Å². The Hall–Kier alpha value is -2.54. The van der Waals surface area contributed by atoms with Crippen molar-refractivity contribution in [2.45, 2.75) is 6.92 Å². The molecule has 0 spiro atoms. The number of aromatic nitrogens is 3. The molecule has 2 heterocycles. The van der Waals surface area contributed by atoms with Crippen molar-refractivity contribution >= 4 is 22.9 Å². The minimum Gasteiger partial charge on any atom is -0.421 e. The molecule has 2 aromatic heterocycles. The number of benzene rings is 1. The number of hydrogen-bond acceptors (Lipinski definition) is 6. The van der Waals surface area contributed by atoms with Gasteiger partial charge in [0.05, 0.1) is 5.51 Å². The minimum atomic E-state index is -0.229. The highest BCUT2D eigenvalue weighted by Crippen LogP contribution is 2.20. The number of aryl methyl sites for hydroxylation is 1. The summed E-state index contributed by atoms with van der Waals surface area (Å²) in [6.07, 6.45) is 0. The zero-order valence-electron chi connectivity index (χ0n) is 10.5. The molecule has 1 N–H and O–H groups in total. The molecule has 1 aromatic carbocycles. The standard InChI is InChI=1S/C13H10N4O2S/c1-8-16-17-13(19-8)9-2-4-10(5-3-9)15-12(18)11-6-20-7-14-11/h2-7H,1H3,(H,15,18). The Morgan fingerprint density at radius 2 is 2.05 bits per heavy atom. The number of carbonyl (C=O) groups excluding carboxylic acids is 1. The van der Waals surface area contributed by atoms with Gasteiger partial charge in [0.15, 0.2) is 0 Å². The first kappa shape index (κ1) is 12.5. The van der Waals surface area contributed by atoms with Crippen molar-refractivity contribution < 1.29 is 9.21 Å². The Kier molecular flexibility index (Phi) is 3.26. The van der Waals surface area contributed by atoms with Crippen LogP contribution in [0.25, 0.3) is 11.5 Å². The minimum absolute atomic E-state index is 0.229. The molecule has 0 fully saturated rings. The van der Waals surface area contributed by atoms with Crippen molar-refractivity contribution in [3.8, 4) is 11.5 Å². The molecular formula is C13H10N4O2S. The van der Waals surface area contributed by atoms with E-state index in [9.17, 15) is 4.79 Å². The van der Waals surface area contributed by atoms with Crippen LogP contribution >= 0.6 is 11.3 Å². The Morgan fingerprint density at radius 3 is 2.65 bits per heavy atom. The Morgan fingerprint density at radius 1 is 1.25 bits per heavy atom. The lowest BCUT2D eigenvalue weighted by Gasteiger charge is -2.03. The molecule has 6 nitrogen and oxygen atoms in total. The summed E-state index contributed by atoms with van der Waals surface area (Å²) in [6.45, 7) is 1.74. The van der Waals surface area contributed by atoms with Crippen molar-refractivity contribution in [1.29, 1.82) is 0 Å². The third kappa shape index (κ3) is 2.57. The smallest absolute Gasteiger partial charge is 0.275 e. The van der Waals surface area contributed by atoms with E-state index in [1.54, 1.807) is 29.9 Å². The van der Waals surface area contributed by atoms with Gasteiger partial charge in [0, 0.05) is 23.6 Å². The fourth-order valence-corrected chi connectivity index (χ4v) is 2.16.